The molecule has 1 N–H and O–H groups in total. The van der Waals surface area contributed by atoms with Gasteiger partial charge in [0.05, 0.1) is 5.56 Å². The van der Waals surface area contributed by atoms with Crippen molar-refractivity contribution < 1.29 is 9.59 Å². The molecule has 1 aliphatic heterocycles. The summed E-state index contributed by atoms with van der Waals surface area (Å²) in [5.74, 6) is 2.35. The van der Waals surface area contributed by atoms with Gasteiger partial charge in [-0.15, -0.1) is 0 Å². The number of hydrogen-bond donors (Lipinski definition) is 1. The minimum atomic E-state index is -0.116. The van der Waals surface area contributed by atoms with Crippen LogP contribution in [0, 0.1) is 17.8 Å². The predicted octanol–water partition coefficient (Wildman–Crippen LogP) is 1.87. The number of imidazole rings is 1. The molecule has 2 amide bonds. The molecular formula is C21H21N5O2. The van der Waals surface area contributed by atoms with Gasteiger partial charge in [0.1, 0.15) is 0 Å². The molecule has 1 unspecified atom stereocenters. The van der Waals surface area contributed by atoms with E-state index in [9.17, 15) is 9.59 Å². The lowest BCUT2D eigenvalue weighted by Gasteiger charge is -2.20. The molecule has 5 rings (SSSR count). The van der Waals surface area contributed by atoms with Gasteiger partial charge in [-0.3, -0.25) is 14.0 Å². The third-order valence-corrected chi connectivity index (χ3v) is 5.95. The van der Waals surface area contributed by atoms with Crippen LogP contribution in [-0.2, 0) is 0 Å². The van der Waals surface area contributed by atoms with Gasteiger partial charge >= 0.3 is 0 Å². The molecule has 28 heavy (non-hydrogen) atoms. The molecule has 142 valence electrons. The van der Waals surface area contributed by atoms with Crippen LogP contribution >= 0.6 is 0 Å². The van der Waals surface area contributed by atoms with E-state index in [-0.39, 0.29) is 11.8 Å². The monoisotopic (exact) mass is 375 g/mol. The summed E-state index contributed by atoms with van der Waals surface area (Å²) in [5, 5.41) is 2.98. The van der Waals surface area contributed by atoms with E-state index >= 15 is 0 Å². The lowest BCUT2D eigenvalue weighted by Crippen LogP contribution is -2.32. The average Bonchev–Trinajstić information content (AvgIpc) is 3.10. The molecule has 2 fully saturated rings. The number of rotatable bonds is 5. The standard InChI is InChI=1S/C21H21N5O2/c27-19(15-10-24-21-23-8-9-25(21)11-15)22-7-6-16-17-12-26(13-18(16)17)20(28)14-4-2-1-3-5-14/h1-5,8-11,16-18H,6-7,12-13H2,(H,22,27)/t16?,17-,18+. The fourth-order valence-electron chi connectivity index (χ4n) is 4.39. The molecule has 1 saturated heterocycles. The Labute approximate surface area is 162 Å². The number of carbonyl (C=O) groups is 2. The number of aromatic nitrogens is 3. The lowest BCUT2D eigenvalue weighted by molar-refractivity contribution is 0.0767. The number of amides is 2. The minimum Gasteiger partial charge on any atom is -0.352 e. The summed E-state index contributed by atoms with van der Waals surface area (Å²) >= 11 is 0. The molecule has 1 aromatic carbocycles. The van der Waals surface area contributed by atoms with Crippen molar-refractivity contribution in [3.8, 4) is 0 Å². The first-order valence-corrected chi connectivity index (χ1v) is 9.62. The number of carbonyl (C=O) groups excluding carboxylic acids is 2. The van der Waals surface area contributed by atoms with Crippen LogP contribution in [0.2, 0.25) is 0 Å². The largest absolute Gasteiger partial charge is 0.352 e. The molecule has 3 aromatic rings. The van der Waals surface area contributed by atoms with Crippen LogP contribution in [0.4, 0.5) is 0 Å². The molecule has 3 atom stereocenters. The summed E-state index contributed by atoms with van der Waals surface area (Å²) in [5.41, 5.74) is 1.29. The van der Waals surface area contributed by atoms with Crippen molar-refractivity contribution >= 4 is 17.6 Å². The first-order chi connectivity index (χ1) is 13.7. The summed E-state index contributed by atoms with van der Waals surface area (Å²) in [6.07, 6.45) is 7.67. The number of piperidine rings is 1. The van der Waals surface area contributed by atoms with Crippen molar-refractivity contribution in [3.63, 3.8) is 0 Å². The zero-order valence-electron chi connectivity index (χ0n) is 15.4. The molecule has 7 heteroatoms. The molecule has 0 radical (unpaired) electrons. The Hall–Kier alpha value is -3.22. The number of likely N-dealkylation sites (tertiary alicyclic amines) is 1. The van der Waals surface area contributed by atoms with Crippen LogP contribution < -0.4 is 5.32 Å². The first-order valence-electron chi connectivity index (χ1n) is 9.62. The third kappa shape index (κ3) is 3.02. The molecule has 0 bridgehead atoms. The maximum Gasteiger partial charge on any atom is 0.254 e. The van der Waals surface area contributed by atoms with E-state index in [0.29, 0.717) is 35.6 Å². The van der Waals surface area contributed by atoms with Crippen LogP contribution in [0.5, 0.6) is 0 Å². The second-order valence-electron chi connectivity index (χ2n) is 7.59. The Morgan fingerprint density at radius 1 is 1.07 bits per heavy atom. The molecule has 1 saturated carbocycles. The average molecular weight is 375 g/mol. The van der Waals surface area contributed by atoms with Gasteiger partial charge < -0.3 is 10.2 Å². The van der Waals surface area contributed by atoms with Crippen molar-refractivity contribution in [1.82, 2.24) is 24.6 Å². The van der Waals surface area contributed by atoms with Gasteiger partial charge in [-0.2, -0.15) is 0 Å². The highest BCUT2D eigenvalue weighted by atomic mass is 16.2. The highest BCUT2D eigenvalue weighted by Crippen LogP contribution is 2.53. The number of benzene rings is 1. The minimum absolute atomic E-state index is 0.116. The smallest absolute Gasteiger partial charge is 0.254 e. The number of hydrogen-bond acceptors (Lipinski definition) is 4. The Morgan fingerprint density at radius 3 is 2.64 bits per heavy atom. The van der Waals surface area contributed by atoms with Crippen molar-refractivity contribution in [3.05, 3.63) is 66.2 Å². The lowest BCUT2D eigenvalue weighted by atomic mass is 10.1. The highest BCUT2D eigenvalue weighted by Gasteiger charge is 2.55. The maximum atomic E-state index is 12.5. The van der Waals surface area contributed by atoms with Gasteiger partial charge in [-0.25, -0.2) is 9.97 Å². The summed E-state index contributed by atoms with van der Waals surface area (Å²) in [4.78, 5) is 35.0. The fraction of sp³-hybridized carbons (Fsp3) is 0.333. The second-order valence-corrected chi connectivity index (χ2v) is 7.59. The number of fused-ring (bicyclic) bond motifs is 2. The Balaban J connectivity index is 1.09. The van der Waals surface area contributed by atoms with E-state index in [2.05, 4.69) is 15.3 Å². The topological polar surface area (TPSA) is 79.6 Å². The molecule has 3 heterocycles. The molecule has 1 aliphatic carbocycles. The summed E-state index contributed by atoms with van der Waals surface area (Å²) in [6, 6.07) is 9.46. The van der Waals surface area contributed by atoms with Crippen molar-refractivity contribution in [2.75, 3.05) is 19.6 Å². The predicted molar refractivity (Wildman–Crippen MR) is 103 cm³/mol. The maximum absolute atomic E-state index is 12.5. The number of nitrogens with zero attached hydrogens (tertiary/aromatic N) is 4. The fourth-order valence-corrected chi connectivity index (χ4v) is 4.39. The first kappa shape index (κ1) is 16.9. The van der Waals surface area contributed by atoms with Gasteiger partial charge in [-0.1, -0.05) is 18.2 Å². The van der Waals surface area contributed by atoms with Crippen LogP contribution in [0.25, 0.3) is 5.78 Å². The normalized spacial score (nSPS) is 22.9. The van der Waals surface area contributed by atoms with Gasteiger partial charge in [0.25, 0.3) is 11.8 Å². The van der Waals surface area contributed by atoms with E-state index in [1.807, 2.05) is 35.2 Å². The molecule has 7 nitrogen and oxygen atoms in total. The molecule has 2 aliphatic rings. The molecule has 2 aromatic heterocycles. The van der Waals surface area contributed by atoms with E-state index in [4.69, 9.17) is 0 Å². The molecular weight excluding hydrogens is 354 g/mol. The van der Waals surface area contributed by atoms with Gasteiger partial charge in [0, 0.05) is 50.0 Å². The van der Waals surface area contributed by atoms with E-state index < -0.39 is 0 Å². The van der Waals surface area contributed by atoms with Crippen LogP contribution in [-0.4, -0.2) is 50.7 Å². The van der Waals surface area contributed by atoms with Gasteiger partial charge in [0.15, 0.2) is 0 Å². The van der Waals surface area contributed by atoms with E-state index in [0.717, 1.165) is 25.1 Å². The summed E-state index contributed by atoms with van der Waals surface area (Å²) < 4.78 is 1.73. The van der Waals surface area contributed by atoms with Crippen molar-refractivity contribution in [2.24, 2.45) is 17.8 Å². The van der Waals surface area contributed by atoms with Crippen LogP contribution in [0.3, 0.4) is 0 Å². The SMILES string of the molecule is O=C(NCCC1[C@H]2CN(C(=O)c3ccccc3)C[C@@H]12)c1cnc2nccn2c1. The zero-order valence-corrected chi connectivity index (χ0v) is 15.4. The Kier molecular flexibility index (Phi) is 4.07. The van der Waals surface area contributed by atoms with Crippen molar-refractivity contribution in [2.45, 2.75) is 6.42 Å². The van der Waals surface area contributed by atoms with E-state index in [1.165, 1.54) is 0 Å². The molecule has 0 spiro atoms. The van der Waals surface area contributed by atoms with Gasteiger partial charge in [-0.05, 0) is 36.3 Å². The Bertz CT molecular complexity index is 1020. The van der Waals surface area contributed by atoms with Gasteiger partial charge in [0.2, 0.25) is 5.78 Å². The van der Waals surface area contributed by atoms with Crippen LogP contribution in [0.1, 0.15) is 27.1 Å². The quantitative estimate of drug-likeness (QED) is 0.738. The summed E-state index contributed by atoms with van der Waals surface area (Å²) in [7, 11) is 0. The summed E-state index contributed by atoms with van der Waals surface area (Å²) in [6.45, 7) is 2.31. The number of nitrogens with one attached hydrogen (secondary N) is 1. The zero-order chi connectivity index (χ0) is 19.1. The van der Waals surface area contributed by atoms with E-state index in [1.54, 1.807) is 29.2 Å². The third-order valence-electron chi connectivity index (χ3n) is 5.95. The highest BCUT2D eigenvalue weighted by molar-refractivity contribution is 5.94. The second kappa shape index (κ2) is 6.74. The van der Waals surface area contributed by atoms with Crippen LogP contribution in [0.15, 0.2) is 55.1 Å². The van der Waals surface area contributed by atoms with Crippen molar-refractivity contribution in [1.29, 1.82) is 0 Å². The Morgan fingerprint density at radius 2 is 1.86 bits per heavy atom.